The standard InChI is InChI=1S/C20H20N4O4S/c1-13-7-18(21-22(13)2)20(25)23-9-15-11-24(12-16(15)10-23)29(26,27)17-3-4-19-14(8-17)5-6-28-19/h3-8H,9-12H2,1-2H3. The molecule has 0 fully saturated rings. The third-order valence-electron chi connectivity index (χ3n) is 5.68. The highest BCUT2D eigenvalue weighted by Crippen LogP contribution is 2.31. The normalized spacial score (nSPS) is 17.5. The number of aromatic nitrogens is 2. The summed E-state index contributed by atoms with van der Waals surface area (Å²) in [7, 11) is -1.81. The summed E-state index contributed by atoms with van der Waals surface area (Å²) in [4.78, 5) is 14.7. The first-order valence-corrected chi connectivity index (χ1v) is 10.7. The van der Waals surface area contributed by atoms with Crippen LogP contribution in [0.2, 0.25) is 0 Å². The van der Waals surface area contributed by atoms with Gasteiger partial charge in [-0.3, -0.25) is 9.48 Å². The van der Waals surface area contributed by atoms with Crippen LogP contribution in [0.1, 0.15) is 16.2 Å². The van der Waals surface area contributed by atoms with E-state index in [1.54, 1.807) is 53.2 Å². The monoisotopic (exact) mass is 412 g/mol. The van der Waals surface area contributed by atoms with Gasteiger partial charge in [0.05, 0.1) is 11.2 Å². The van der Waals surface area contributed by atoms with Crippen molar-refractivity contribution in [3.8, 4) is 0 Å². The summed E-state index contributed by atoms with van der Waals surface area (Å²) in [6, 6.07) is 8.41. The number of hydrogen-bond donors (Lipinski definition) is 0. The van der Waals surface area contributed by atoms with Crippen LogP contribution in [0.5, 0.6) is 0 Å². The molecule has 0 saturated heterocycles. The average molecular weight is 412 g/mol. The maximum atomic E-state index is 13.1. The molecule has 2 aromatic heterocycles. The van der Waals surface area contributed by atoms with Crippen molar-refractivity contribution in [3.63, 3.8) is 0 Å². The quantitative estimate of drug-likeness (QED) is 0.614. The lowest BCUT2D eigenvalue weighted by atomic mass is 10.2. The lowest BCUT2D eigenvalue weighted by molar-refractivity contribution is 0.0786. The van der Waals surface area contributed by atoms with Crippen molar-refractivity contribution < 1.29 is 17.6 Å². The molecule has 0 atom stereocenters. The molecule has 0 spiro atoms. The lowest BCUT2D eigenvalue weighted by Crippen LogP contribution is -2.36. The summed E-state index contributed by atoms with van der Waals surface area (Å²) >= 11 is 0. The number of carbonyl (C=O) groups is 1. The van der Waals surface area contributed by atoms with Gasteiger partial charge in [0.25, 0.3) is 5.91 Å². The van der Waals surface area contributed by atoms with Crippen molar-refractivity contribution in [2.45, 2.75) is 11.8 Å². The van der Waals surface area contributed by atoms with Gasteiger partial charge in [-0.05, 0) is 48.4 Å². The minimum atomic E-state index is -3.61. The Bertz CT molecular complexity index is 1250. The largest absolute Gasteiger partial charge is 0.464 e. The minimum absolute atomic E-state index is 0.122. The Labute approximate surface area is 168 Å². The van der Waals surface area contributed by atoms with Gasteiger partial charge in [-0.1, -0.05) is 0 Å². The zero-order valence-electron chi connectivity index (χ0n) is 16.1. The molecule has 8 nitrogen and oxygen atoms in total. The molecule has 150 valence electrons. The first-order chi connectivity index (χ1) is 13.8. The van der Waals surface area contributed by atoms with E-state index in [9.17, 15) is 13.2 Å². The number of fused-ring (bicyclic) bond motifs is 1. The molecule has 1 aromatic carbocycles. The fourth-order valence-electron chi connectivity index (χ4n) is 3.94. The van der Waals surface area contributed by atoms with Gasteiger partial charge >= 0.3 is 0 Å². The van der Waals surface area contributed by atoms with Crippen molar-refractivity contribution in [2.24, 2.45) is 7.05 Å². The van der Waals surface area contributed by atoms with E-state index in [0.29, 0.717) is 37.5 Å². The summed E-state index contributed by atoms with van der Waals surface area (Å²) in [5, 5.41) is 5.01. The number of nitrogens with zero attached hydrogens (tertiary/aromatic N) is 4. The van der Waals surface area contributed by atoms with Crippen LogP contribution in [0.4, 0.5) is 0 Å². The maximum Gasteiger partial charge on any atom is 0.274 e. The van der Waals surface area contributed by atoms with Gasteiger partial charge in [0.15, 0.2) is 5.69 Å². The number of hydrogen-bond acceptors (Lipinski definition) is 5. The van der Waals surface area contributed by atoms with Crippen molar-refractivity contribution in [1.29, 1.82) is 0 Å². The number of carbonyl (C=O) groups excluding carboxylic acids is 1. The molecule has 5 rings (SSSR count). The molecule has 1 amide bonds. The summed E-state index contributed by atoms with van der Waals surface area (Å²) in [5.74, 6) is -0.122. The summed E-state index contributed by atoms with van der Waals surface area (Å²) in [6.07, 6.45) is 1.54. The lowest BCUT2D eigenvalue weighted by Gasteiger charge is -2.22. The van der Waals surface area contributed by atoms with Crippen molar-refractivity contribution >= 4 is 26.9 Å². The highest BCUT2D eigenvalue weighted by atomic mass is 32.2. The SMILES string of the molecule is Cc1cc(C(=O)N2CC3=C(C2)CN(S(=O)(=O)c2ccc4occc4c2)C3)nn1C. The van der Waals surface area contributed by atoms with Crippen molar-refractivity contribution in [2.75, 3.05) is 26.2 Å². The Morgan fingerprint density at radius 1 is 1.07 bits per heavy atom. The van der Waals surface area contributed by atoms with Crippen LogP contribution in [0.3, 0.4) is 0 Å². The van der Waals surface area contributed by atoms with Crippen LogP contribution in [0, 0.1) is 6.92 Å². The van der Waals surface area contributed by atoms with Gasteiger partial charge in [-0.15, -0.1) is 0 Å². The van der Waals surface area contributed by atoms with E-state index in [4.69, 9.17) is 4.42 Å². The third kappa shape index (κ3) is 2.89. The summed E-state index contributed by atoms with van der Waals surface area (Å²) in [6.45, 7) is 3.40. The second-order valence-corrected chi connectivity index (χ2v) is 9.49. The number of rotatable bonds is 3. The molecule has 0 saturated carbocycles. The van der Waals surface area contributed by atoms with Gasteiger partial charge < -0.3 is 9.32 Å². The molecule has 9 heteroatoms. The molecule has 0 bridgehead atoms. The smallest absolute Gasteiger partial charge is 0.274 e. The number of aryl methyl sites for hydroxylation is 2. The Morgan fingerprint density at radius 3 is 2.45 bits per heavy atom. The van der Waals surface area contributed by atoms with Crippen LogP contribution in [0.25, 0.3) is 11.0 Å². The van der Waals surface area contributed by atoms with Gasteiger partial charge in [0, 0.05) is 44.3 Å². The second kappa shape index (κ2) is 6.30. The summed E-state index contributed by atoms with van der Waals surface area (Å²) in [5.41, 5.74) is 3.99. The predicted octanol–water partition coefficient (Wildman–Crippen LogP) is 1.93. The molecule has 0 radical (unpaired) electrons. The average Bonchev–Trinajstić information content (AvgIpc) is 3.43. The highest BCUT2D eigenvalue weighted by molar-refractivity contribution is 7.89. The van der Waals surface area contributed by atoms with Gasteiger partial charge in [-0.25, -0.2) is 8.42 Å². The zero-order valence-corrected chi connectivity index (χ0v) is 16.9. The highest BCUT2D eigenvalue weighted by Gasteiger charge is 2.38. The van der Waals surface area contributed by atoms with Crippen LogP contribution < -0.4 is 0 Å². The third-order valence-corrected chi connectivity index (χ3v) is 7.47. The van der Waals surface area contributed by atoms with Crippen LogP contribution >= 0.6 is 0 Å². The fourth-order valence-corrected chi connectivity index (χ4v) is 5.41. The molecule has 29 heavy (non-hydrogen) atoms. The van der Waals surface area contributed by atoms with Crippen molar-refractivity contribution in [3.05, 3.63) is 59.1 Å². The Kier molecular flexibility index (Phi) is 3.94. The van der Waals surface area contributed by atoms with Gasteiger partial charge in [0.1, 0.15) is 5.58 Å². The molecule has 0 unspecified atom stereocenters. The first kappa shape index (κ1) is 18.1. The number of furan rings is 1. The molecule has 0 N–H and O–H groups in total. The van der Waals surface area contributed by atoms with Crippen LogP contribution in [-0.2, 0) is 17.1 Å². The maximum absolute atomic E-state index is 13.1. The van der Waals surface area contributed by atoms with Crippen molar-refractivity contribution in [1.82, 2.24) is 19.0 Å². The van der Waals surface area contributed by atoms with E-state index in [2.05, 4.69) is 5.10 Å². The topological polar surface area (TPSA) is 88.7 Å². The second-order valence-electron chi connectivity index (χ2n) is 7.56. The zero-order chi connectivity index (χ0) is 20.3. The molecular weight excluding hydrogens is 392 g/mol. The Hall–Kier alpha value is -2.91. The number of amides is 1. The van der Waals surface area contributed by atoms with E-state index in [1.165, 1.54) is 4.31 Å². The molecule has 0 aliphatic carbocycles. The van der Waals surface area contributed by atoms with Gasteiger partial charge in [-0.2, -0.15) is 9.40 Å². The molecule has 4 heterocycles. The van der Waals surface area contributed by atoms with E-state index in [0.717, 1.165) is 22.2 Å². The number of benzene rings is 1. The van der Waals surface area contributed by atoms with E-state index < -0.39 is 10.0 Å². The van der Waals surface area contributed by atoms with E-state index in [1.807, 2.05) is 6.92 Å². The predicted molar refractivity (Wildman–Crippen MR) is 106 cm³/mol. The molecule has 2 aliphatic rings. The molecular formula is C20H20N4O4S. The first-order valence-electron chi connectivity index (χ1n) is 9.30. The molecule has 3 aromatic rings. The summed E-state index contributed by atoms with van der Waals surface area (Å²) < 4.78 is 34.6. The van der Waals surface area contributed by atoms with Gasteiger partial charge in [0.2, 0.25) is 10.0 Å². The van der Waals surface area contributed by atoms with Crippen LogP contribution in [-0.4, -0.2) is 59.5 Å². The Morgan fingerprint density at radius 2 is 1.79 bits per heavy atom. The Balaban J connectivity index is 1.31. The van der Waals surface area contributed by atoms with E-state index >= 15 is 0 Å². The van der Waals surface area contributed by atoms with Crippen LogP contribution in [0.15, 0.2) is 57.1 Å². The molecule has 2 aliphatic heterocycles. The van der Waals surface area contributed by atoms with E-state index in [-0.39, 0.29) is 10.8 Å². The number of sulfonamides is 1. The fraction of sp³-hybridized carbons (Fsp3) is 0.300. The minimum Gasteiger partial charge on any atom is -0.464 e.